The van der Waals surface area contributed by atoms with E-state index in [4.69, 9.17) is 16.1 Å². The Labute approximate surface area is 92.0 Å². The minimum absolute atomic E-state index is 0.698. The molecule has 4 heteroatoms. The monoisotopic (exact) mass is 220 g/mol. The molecule has 1 N–H and O–H groups in total. The summed E-state index contributed by atoms with van der Waals surface area (Å²) in [5.74, 6) is 0.792. The lowest BCUT2D eigenvalue weighted by atomic mass is 10.1. The van der Waals surface area contributed by atoms with E-state index in [2.05, 4.69) is 10.5 Å². The second-order valence-corrected chi connectivity index (χ2v) is 3.93. The van der Waals surface area contributed by atoms with Crippen LogP contribution in [0, 0.1) is 0 Å². The van der Waals surface area contributed by atoms with Crippen molar-refractivity contribution < 1.29 is 4.52 Å². The third-order valence-electron chi connectivity index (χ3n) is 2.58. The van der Waals surface area contributed by atoms with E-state index in [9.17, 15) is 0 Å². The summed E-state index contributed by atoms with van der Waals surface area (Å²) in [6.45, 7) is 1.59. The first-order valence-corrected chi connectivity index (χ1v) is 5.17. The van der Waals surface area contributed by atoms with Crippen LogP contribution in [0.25, 0.3) is 11.3 Å². The highest BCUT2D eigenvalue weighted by molar-refractivity contribution is 6.33. The van der Waals surface area contributed by atoms with Crippen LogP contribution < -0.4 is 5.32 Å². The predicted octanol–water partition coefficient (Wildman–Crippen LogP) is 2.60. The lowest BCUT2D eigenvalue weighted by Gasteiger charge is -2.00. The zero-order valence-electron chi connectivity index (χ0n) is 7.96. The van der Waals surface area contributed by atoms with Crippen molar-refractivity contribution in [2.45, 2.75) is 13.1 Å². The molecule has 0 radical (unpaired) electrons. The Balaban J connectivity index is 2.17. The summed E-state index contributed by atoms with van der Waals surface area (Å²) in [5.41, 5.74) is 3.03. The number of aromatic nitrogens is 1. The molecule has 15 heavy (non-hydrogen) atoms. The Morgan fingerprint density at radius 3 is 3.00 bits per heavy atom. The van der Waals surface area contributed by atoms with Crippen LogP contribution in [-0.2, 0) is 13.1 Å². The van der Waals surface area contributed by atoms with Crippen LogP contribution in [-0.4, -0.2) is 5.16 Å². The van der Waals surface area contributed by atoms with Gasteiger partial charge < -0.3 is 9.84 Å². The fourth-order valence-electron chi connectivity index (χ4n) is 1.83. The lowest BCUT2D eigenvalue weighted by Crippen LogP contribution is -2.01. The van der Waals surface area contributed by atoms with E-state index >= 15 is 0 Å². The van der Waals surface area contributed by atoms with Gasteiger partial charge in [-0.1, -0.05) is 28.9 Å². The molecule has 1 aliphatic rings. The van der Waals surface area contributed by atoms with Gasteiger partial charge in [0.1, 0.15) is 5.69 Å². The van der Waals surface area contributed by atoms with E-state index in [1.54, 1.807) is 0 Å². The highest BCUT2D eigenvalue weighted by Gasteiger charge is 2.22. The molecular formula is C11H9ClN2O. The number of fused-ring (bicyclic) bond motifs is 1. The number of benzene rings is 1. The molecule has 3 rings (SSSR count). The molecule has 0 fully saturated rings. The topological polar surface area (TPSA) is 38.1 Å². The summed E-state index contributed by atoms with van der Waals surface area (Å²) in [6.07, 6.45) is 0. The van der Waals surface area contributed by atoms with Crippen molar-refractivity contribution in [2.24, 2.45) is 0 Å². The number of halogens is 1. The predicted molar refractivity (Wildman–Crippen MR) is 57.5 cm³/mol. The van der Waals surface area contributed by atoms with E-state index in [-0.39, 0.29) is 0 Å². The summed E-state index contributed by atoms with van der Waals surface area (Å²) >= 11 is 6.11. The molecule has 0 amide bonds. The molecule has 0 atom stereocenters. The molecule has 2 aromatic rings. The van der Waals surface area contributed by atoms with Crippen LogP contribution in [0.3, 0.4) is 0 Å². The number of hydrogen-bond donors (Lipinski definition) is 1. The Morgan fingerprint density at radius 2 is 2.13 bits per heavy atom. The summed E-state index contributed by atoms with van der Waals surface area (Å²) in [7, 11) is 0. The van der Waals surface area contributed by atoms with Gasteiger partial charge in [0.2, 0.25) is 0 Å². The molecule has 0 unspecified atom stereocenters. The molecule has 0 bridgehead atoms. The van der Waals surface area contributed by atoms with Gasteiger partial charge in [-0.3, -0.25) is 0 Å². The Hall–Kier alpha value is -1.32. The maximum absolute atomic E-state index is 6.11. The average molecular weight is 221 g/mol. The minimum Gasteiger partial charge on any atom is -0.356 e. The molecule has 0 aliphatic carbocycles. The normalized spacial score (nSPS) is 14.2. The van der Waals surface area contributed by atoms with Crippen molar-refractivity contribution in [1.29, 1.82) is 0 Å². The highest BCUT2D eigenvalue weighted by atomic mass is 35.5. The van der Waals surface area contributed by atoms with Crippen molar-refractivity contribution in [3.8, 4) is 11.3 Å². The fraction of sp³-hybridized carbons (Fsp3) is 0.182. The van der Waals surface area contributed by atoms with Crippen LogP contribution in [0.15, 0.2) is 28.8 Å². The van der Waals surface area contributed by atoms with E-state index in [0.717, 1.165) is 35.7 Å². The Kier molecular flexibility index (Phi) is 2.01. The van der Waals surface area contributed by atoms with Gasteiger partial charge in [-0.2, -0.15) is 0 Å². The number of hydrogen-bond acceptors (Lipinski definition) is 3. The van der Waals surface area contributed by atoms with Gasteiger partial charge in [0.25, 0.3) is 0 Å². The second-order valence-electron chi connectivity index (χ2n) is 3.52. The summed E-state index contributed by atoms with van der Waals surface area (Å²) in [6, 6.07) is 7.65. The standard InChI is InChI=1S/C11H9ClN2O/c12-9-4-2-1-3-7(9)11-8-5-13-6-10(8)14-15-11/h1-4,13H,5-6H2. The van der Waals surface area contributed by atoms with E-state index in [1.165, 1.54) is 0 Å². The summed E-state index contributed by atoms with van der Waals surface area (Å²) < 4.78 is 5.33. The highest BCUT2D eigenvalue weighted by Crippen LogP contribution is 2.33. The molecular weight excluding hydrogens is 212 g/mol. The number of rotatable bonds is 1. The van der Waals surface area contributed by atoms with Crippen LogP contribution in [0.2, 0.25) is 5.02 Å². The van der Waals surface area contributed by atoms with Crippen molar-refractivity contribution in [3.63, 3.8) is 0 Å². The Bertz CT molecular complexity index is 507. The van der Waals surface area contributed by atoms with Crippen molar-refractivity contribution >= 4 is 11.6 Å². The largest absolute Gasteiger partial charge is 0.356 e. The summed E-state index contributed by atoms with van der Waals surface area (Å²) in [4.78, 5) is 0. The zero-order valence-corrected chi connectivity index (χ0v) is 8.71. The first-order valence-electron chi connectivity index (χ1n) is 4.79. The number of nitrogens with one attached hydrogen (secondary N) is 1. The van der Waals surface area contributed by atoms with Gasteiger partial charge in [0, 0.05) is 24.2 Å². The van der Waals surface area contributed by atoms with Gasteiger partial charge in [-0.25, -0.2) is 0 Å². The lowest BCUT2D eigenvalue weighted by molar-refractivity contribution is 0.417. The molecule has 3 nitrogen and oxygen atoms in total. The van der Waals surface area contributed by atoms with E-state index in [1.807, 2.05) is 24.3 Å². The van der Waals surface area contributed by atoms with Gasteiger partial charge in [0.05, 0.1) is 5.02 Å². The second kappa shape index (κ2) is 3.36. The molecule has 2 heterocycles. The van der Waals surface area contributed by atoms with Crippen molar-refractivity contribution in [2.75, 3.05) is 0 Å². The maximum atomic E-state index is 6.11. The summed E-state index contributed by atoms with van der Waals surface area (Å²) in [5, 5.41) is 7.95. The molecule has 0 spiro atoms. The smallest absolute Gasteiger partial charge is 0.173 e. The third kappa shape index (κ3) is 1.35. The van der Waals surface area contributed by atoms with Gasteiger partial charge >= 0.3 is 0 Å². The van der Waals surface area contributed by atoms with E-state index in [0.29, 0.717) is 5.02 Å². The number of nitrogens with zero attached hydrogens (tertiary/aromatic N) is 1. The molecule has 1 aromatic carbocycles. The van der Waals surface area contributed by atoms with Crippen LogP contribution in [0.4, 0.5) is 0 Å². The molecule has 0 saturated carbocycles. The van der Waals surface area contributed by atoms with Crippen LogP contribution in [0.5, 0.6) is 0 Å². The van der Waals surface area contributed by atoms with Crippen molar-refractivity contribution in [3.05, 3.63) is 40.5 Å². The zero-order chi connectivity index (χ0) is 10.3. The molecule has 1 aliphatic heterocycles. The first-order chi connectivity index (χ1) is 7.36. The third-order valence-corrected chi connectivity index (χ3v) is 2.91. The van der Waals surface area contributed by atoms with Crippen molar-refractivity contribution in [1.82, 2.24) is 10.5 Å². The first kappa shape index (κ1) is 8.95. The van der Waals surface area contributed by atoms with Gasteiger partial charge in [-0.15, -0.1) is 0 Å². The van der Waals surface area contributed by atoms with Gasteiger partial charge in [0.15, 0.2) is 5.76 Å². The van der Waals surface area contributed by atoms with Crippen LogP contribution >= 0.6 is 11.6 Å². The molecule has 1 aromatic heterocycles. The minimum atomic E-state index is 0.698. The fourth-order valence-corrected chi connectivity index (χ4v) is 2.05. The maximum Gasteiger partial charge on any atom is 0.173 e. The molecule has 76 valence electrons. The average Bonchev–Trinajstić information content (AvgIpc) is 2.80. The van der Waals surface area contributed by atoms with E-state index < -0.39 is 0 Å². The quantitative estimate of drug-likeness (QED) is 0.803. The Morgan fingerprint density at radius 1 is 1.27 bits per heavy atom. The van der Waals surface area contributed by atoms with Crippen LogP contribution in [0.1, 0.15) is 11.3 Å². The molecule has 0 saturated heterocycles. The van der Waals surface area contributed by atoms with Gasteiger partial charge in [-0.05, 0) is 12.1 Å². The SMILES string of the molecule is Clc1ccccc1-c1onc2c1CNC2.